The number of nitrogens with one attached hydrogen (secondary N) is 1. The first-order valence-electron chi connectivity index (χ1n) is 8.44. The van der Waals surface area contributed by atoms with Gasteiger partial charge >= 0.3 is 6.15 Å². The molecule has 1 fully saturated rings. The first kappa shape index (κ1) is 20.6. The van der Waals surface area contributed by atoms with Crippen molar-refractivity contribution in [1.29, 1.82) is 0 Å². The molecule has 2 atom stereocenters. The summed E-state index contributed by atoms with van der Waals surface area (Å²) in [7, 11) is 0. The fraction of sp³-hybridized carbons (Fsp3) is 0.250. The van der Waals surface area contributed by atoms with Crippen molar-refractivity contribution in [2.45, 2.75) is 31.7 Å². The number of nitrogens with zero attached hydrogens (tertiary/aromatic N) is 1. The Bertz CT molecular complexity index is 835. The minimum atomic E-state index is -0.267. The smallest absolute Gasteiger partial charge is 0.273 e. The van der Waals surface area contributed by atoms with Crippen molar-refractivity contribution in [2.75, 3.05) is 0 Å². The maximum absolute atomic E-state index is 12.5. The highest BCUT2D eigenvalue weighted by Gasteiger charge is 2.40. The lowest BCUT2D eigenvalue weighted by molar-refractivity contribution is -0.191. The molecule has 0 radical (unpaired) electrons. The third-order valence-corrected chi connectivity index (χ3v) is 4.91. The predicted molar refractivity (Wildman–Crippen MR) is 101 cm³/mol. The van der Waals surface area contributed by atoms with E-state index in [1.54, 1.807) is 18.2 Å². The number of carbonyl (C=O) groups excluding carboxylic acids is 4. The summed E-state index contributed by atoms with van der Waals surface area (Å²) >= 11 is 3.36. The van der Waals surface area contributed by atoms with E-state index in [0.29, 0.717) is 12.0 Å². The van der Waals surface area contributed by atoms with E-state index in [2.05, 4.69) is 21.4 Å². The van der Waals surface area contributed by atoms with Crippen molar-refractivity contribution >= 4 is 33.9 Å². The van der Waals surface area contributed by atoms with Crippen molar-refractivity contribution < 1.29 is 19.2 Å². The summed E-state index contributed by atoms with van der Waals surface area (Å²) < 4.78 is 0.831. The molecule has 1 saturated heterocycles. The SMILES string of the molecule is CC[C@H]1[C@H](c2ccccc2)CC(=O)N1NC(=O)c1cccc(Br)c1.O=C=O. The van der Waals surface area contributed by atoms with Gasteiger partial charge in [-0.05, 0) is 30.2 Å². The van der Waals surface area contributed by atoms with Crippen LogP contribution in [0.5, 0.6) is 0 Å². The topological polar surface area (TPSA) is 83.6 Å². The third-order valence-electron chi connectivity index (χ3n) is 4.41. The number of hydrazine groups is 1. The van der Waals surface area contributed by atoms with Crippen LogP contribution >= 0.6 is 15.9 Å². The van der Waals surface area contributed by atoms with Gasteiger partial charge in [-0.1, -0.05) is 59.3 Å². The molecule has 0 aliphatic carbocycles. The number of halogens is 1. The second-order valence-electron chi connectivity index (χ2n) is 6.00. The molecule has 2 amide bonds. The summed E-state index contributed by atoms with van der Waals surface area (Å²) in [5.41, 5.74) is 4.46. The summed E-state index contributed by atoms with van der Waals surface area (Å²) in [5, 5.41) is 1.51. The molecule has 0 bridgehead atoms. The molecule has 3 rings (SSSR count). The molecule has 2 aromatic rings. The van der Waals surface area contributed by atoms with Crippen molar-refractivity contribution in [3.8, 4) is 0 Å². The largest absolute Gasteiger partial charge is 0.373 e. The van der Waals surface area contributed by atoms with Crippen molar-refractivity contribution in [3.05, 3.63) is 70.2 Å². The number of benzene rings is 2. The quantitative estimate of drug-likeness (QED) is 0.806. The van der Waals surface area contributed by atoms with Crippen LogP contribution in [0.2, 0.25) is 0 Å². The molecular weight excluding hydrogens is 412 g/mol. The Balaban J connectivity index is 0.000000817. The van der Waals surface area contributed by atoms with Crippen molar-refractivity contribution in [3.63, 3.8) is 0 Å². The summed E-state index contributed by atoms with van der Waals surface area (Å²) in [4.78, 5) is 41.2. The molecule has 1 N–H and O–H groups in total. The van der Waals surface area contributed by atoms with E-state index in [-0.39, 0.29) is 29.9 Å². The van der Waals surface area contributed by atoms with Crippen LogP contribution in [-0.4, -0.2) is 29.0 Å². The molecule has 0 saturated carbocycles. The van der Waals surface area contributed by atoms with Gasteiger partial charge in [-0.3, -0.25) is 20.0 Å². The van der Waals surface area contributed by atoms with Gasteiger partial charge in [0.2, 0.25) is 5.91 Å². The molecule has 2 aromatic carbocycles. The van der Waals surface area contributed by atoms with E-state index in [4.69, 9.17) is 9.59 Å². The van der Waals surface area contributed by atoms with Crippen molar-refractivity contribution in [2.24, 2.45) is 0 Å². The summed E-state index contributed by atoms with van der Waals surface area (Å²) in [6.45, 7) is 2.04. The summed E-state index contributed by atoms with van der Waals surface area (Å²) in [5.74, 6) is -0.206. The molecule has 6 nitrogen and oxygen atoms in total. The van der Waals surface area contributed by atoms with E-state index in [0.717, 1.165) is 16.5 Å². The zero-order valence-electron chi connectivity index (χ0n) is 14.7. The Hall–Kier alpha value is -2.76. The van der Waals surface area contributed by atoms with E-state index in [1.165, 1.54) is 5.01 Å². The van der Waals surface area contributed by atoms with Gasteiger partial charge in [0.05, 0.1) is 6.04 Å². The average molecular weight is 431 g/mol. The highest BCUT2D eigenvalue weighted by atomic mass is 79.9. The summed E-state index contributed by atoms with van der Waals surface area (Å²) in [6.07, 6.45) is 1.45. The maximum Gasteiger partial charge on any atom is 0.373 e. The van der Waals surface area contributed by atoms with Gasteiger partial charge in [-0.25, -0.2) is 0 Å². The van der Waals surface area contributed by atoms with E-state index in [9.17, 15) is 9.59 Å². The number of hydrogen-bond acceptors (Lipinski definition) is 4. The molecule has 0 aromatic heterocycles. The molecule has 1 heterocycles. The lowest BCUT2D eigenvalue weighted by Gasteiger charge is -2.27. The third kappa shape index (κ3) is 5.12. The Kier molecular flexibility index (Phi) is 7.46. The molecule has 7 heteroatoms. The van der Waals surface area contributed by atoms with Crippen LogP contribution in [0.4, 0.5) is 0 Å². The standard InChI is InChI=1S/C19H19BrN2O2.CO2/c1-2-17-16(13-7-4-3-5-8-13)12-18(23)22(17)21-19(24)14-9-6-10-15(20)11-14;2-1-3/h3-11,16-17H,2,12H2,1H3,(H,21,24);/t16-,17-;/m0./s1. The fourth-order valence-electron chi connectivity index (χ4n) is 3.24. The van der Waals surface area contributed by atoms with Crippen LogP contribution in [0.15, 0.2) is 59.1 Å². The fourth-order valence-corrected chi connectivity index (χ4v) is 3.64. The van der Waals surface area contributed by atoms with E-state index >= 15 is 0 Å². The van der Waals surface area contributed by atoms with Crippen molar-refractivity contribution in [1.82, 2.24) is 10.4 Å². The van der Waals surface area contributed by atoms with Gasteiger partial charge in [0.1, 0.15) is 0 Å². The lowest BCUT2D eigenvalue weighted by Crippen LogP contribution is -2.48. The molecule has 27 heavy (non-hydrogen) atoms. The zero-order chi connectivity index (χ0) is 19.8. The number of carbonyl (C=O) groups is 2. The molecular formula is C20H19BrN2O4. The van der Waals surface area contributed by atoms with E-state index in [1.807, 2.05) is 43.3 Å². The van der Waals surface area contributed by atoms with Crippen LogP contribution in [0.1, 0.15) is 41.6 Å². The second kappa shape index (κ2) is 9.80. The van der Waals surface area contributed by atoms with Crippen LogP contribution in [0.25, 0.3) is 0 Å². The maximum atomic E-state index is 12.5. The Labute approximate surface area is 165 Å². The predicted octanol–water partition coefficient (Wildman–Crippen LogP) is 3.31. The van der Waals surface area contributed by atoms with Gasteiger partial charge < -0.3 is 0 Å². The molecule has 1 aliphatic heterocycles. The number of hydrogen-bond donors (Lipinski definition) is 1. The number of rotatable bonds is 4. The molecule has 0 unspecified atom stereocenters. The van der Waals surface area contributed by atoms with Crippen LogP contribution in [0.3, 0.4) is 0 Å². The minimum absolute atomic E-state index is 0.0315. The summed E-state index contributed by atoms with van der Waals surface area (Å²) in [6, 6.07) is 17.1. The first-order valence-corrected chi connectivity index (χ1v) is 9.24. The highest BCUT2D eigenvalue weighted by Crippen LogP contribution is 2.35. The monoisotopic (exact) mass is 430 g/mol. The Morgan fingerprint density at radius 2 is 1.85 bits per heavy atom. The van der Waals surface area contributed by atoms with Crippen LogP contribution < -0.4 is 5.43 Å². The highest BCUT2D eigenvalue weighted by molar-refractivity contribution is 9.10. The average Bonchev–Trinajstić information content (AvgIpc) is 2.98. The zero-order valence-corrected chi connectivity index (χ0v) is 16.3. The van der Waals surface area contributed by atoms with Gasteiger partial charge in [0.15, 0.2) is 0 Å². The van der Waals surface area contributed by atoms with Gasteiger partial charge in [0, 0.05) is 22.4 Å². The first-order chi connectivity index (χ1) is 13.0. The van der Waals surface area contributed by atoms with Gasteiger partial charge in [0.25, 0.3) is 5.91 Å². The molecule has 140 valence electrons. The van der Waals surface area contributed by atoms with E-state index < -0.39 is 0 Å². The van der Waals surface area contributed by atoms with Crippen LogP contribution in [-0.2, 0) is 14.4 Å². The van der Waals surface area contributed by atoms with Gasteiger partial charge in [-0.2, -0.15) is 9.59 Å². The van der Waals surface area contributed by atoms with Crippen LogP contribution in [0, 0.1) is 0 Å². The van der Waals surface area contributed by atoms with Gasteiger partial charge in [-0.15, -0.1) is 0 Å². The Morgan fingerprint density at radius 3 is 2.44 bits per heavy atom. The lowest BCUT2D eigenvalue weighted by atomic mass is 9.90. The second-order valence-corrected chi connectivity index (χ2v) is 6.91. The normalized spacial score (nSPS) is 18.3. The number of amides is 2. The Morgan fingerprint density at radius 1 is 1.19 bits per heavy atom. The minimum Gasteiger partial charge on any atom is -0.273 e. The molecule has 0 spiro atoms. The molecule has 1 aliphatic rings.